The normalized spacial score (nSPS) is 12.9. The van der Waals surface area contributed by atoms with E-state index in [2.05, 4.69) is 38.1 Å². The molecule has 6 heteroatoms. The summed E-state index contributed by atoms with van der Waals surface area (Å²) in [5, 5.41) is 3.21. The van der Waals surface area contributed by atoms with Crippen molar-refractivity contribution in [3.8, 4) is 5.69 Å². The first-order valence-electron chi connectivity index (χ1n) is 8.23. The Morgan fingerprint density at radius 3 is 2.92 bits per heavy atom. The minimum Gasteiger partial charge on any atom is -0.320 e. The summed E-state index contributed by atoms with van der Waals surface area (Å²) in [6.45, 7) is 1.94. The van der Waals surface area contributed by atoms with Gasteiger partial charge in [-0.15, -0.1) is 0 Å². The first-order valence-corrected chi connectivity index (χ1v) is 8.60. The lowest BCUT2D eigenvalue weighted by Gasteiger charge is -2.11. The third-order valence-corrected chi connectivity index (χ3v) is 4.64. The highest BCUT2D eigenvalue weighted by atomic mass is 35.5. The van der Waals surface area contributed by atoms with Crippen LogP contribution in [0.25, 0.3) is 5.69 Å². The fourth-order valence-electron chi connectivity index (χ4n) is 3.37. The summed E-state index contributed by atoms with van der Waals surface area (Å²) in [7, 11) is 0. The maximum Gasteiger partial charge on any atom is 0.276 e. The molecule has 126 valence electrons. The van der Waals surface area contributed by atoms with E-state index in [0.717, 1.165) is 36.5 Å². The number of para-hydroxylation sites is 1. The molecular weight excluding hydrogens is 336 g/mol. The molecule has 0 atom stereocenters. The lowest BCUT2D eigenvalue weighted by Crippen LogP contribution is -2.15. The van der Waals surface area contributed by atoms with Crippen molar-refractivity contribution in [1.82, 2.24) is 14.5 Å². The molecule has 0 unspecified atom stereocenters. The monoisotopic (exact) mass is 352 g/mol. The van der Waals surface area contributed by atoms with Crippen molar-refractivity contribution >= 4 is 23.2 Å². The molecule has 5 nitrogen and oxygen atoms in total. The van der Waals surface area contributed by atoms with Crippen LogP contribution in [0.2, 0.25) is 5.15 Å². The van der Waals surface area contributed by atoms with E-state index in [0.29, 0.717) is 16.5 Å². The second-order valence-corrected chi connectivity index (χ2v) is 6.48. The quantitative estimate of drug-likeness (QED) is 0.710. The SMILES string of the molecule is Cc1nc(C(=O)Nc2ccnc(Cl)c2)c2n1-c1ccccc1CCC2. The third kappa shape index (κ3) is 2.91. The molecular formula is C19H17ClN4O. The molecule has 0 saturated carbocycles. The molecule has 4 rings (SSSR count). The number of pyridine rings is 1. The van der Waals surface area contributed by atoms with Gasteiger partial charge in [-0.1, -0.05) is 29.8 Å². The van der Waals surface area contributed by atoms with E-state index in [1.54, 1.807) is 18.3 Å². The number of hydrogen-bond donors (Lipinski definition) is 1. The van der Waals surface area contributed by atoms with Gasteiger partial charge in [0, 0.05) is 11.9 Å². The van der Waals surface area contributed by atoms with E-state index >= 15 is 0 Å². The van der Waals surface area contributed by atoms with E-state index in [4.69, 9.17) is 11.6 Å². The Kier molecular flexibility index (Phi) is 4.01. The van der Waals surface area contributed by atoms with Crippen LogP contribution in [0.1, 0.15) is 34.0 Å². The highest BCUT2D eigenvalue weighted by molar-refractivity contribution is 6.29. The number of rotatable bonds is 2. The number of halogens is 1. The number of carbonyl (C=O) groups is 1. The molecule has 0 fully saturated rings. The topological polar surface area (TPSA) is 59.8 Å². The van der Waals surface area contributed by atoms with Gasteiger partial charge in [0.2, 0.25) is 0 Å². The Morgan fingerprint density at radius 1 is 1.24 bits per heavy atom. The molecule has 2 aromatic heterocycles. The van der Waals surface area contributed by atoms with Crippen LogP contribution in [0.3, 0.4) is 0 Å². The van der Waals surface area contributed by atoms with Gasteiger partial charge in [0.1, 0.15) is 16.7 Å². The second kappa shape index (κ2) is 6.33. The van der Waals surface area contributed by atoms with E-state index in [1.165, 1.54) is 5.56 Å². The molecule has 1 aromatic carbocycles. The van der Waals surface area contributed by atoms with Crippen LogP contribution >= 0.6 is 11.6 Å². The van der Waals surface area contributed by atoms with Gasteiger partial charge in [0.15, 0.2) is 0 Å². The van der Waals surface area contributed by atoms with Gasteiger partial charge in [-0.2, -0.15) is 0 Å². The number of amides is 1. The zero-order valence-corrected chi connectivity index (χ0v) is 14.5. The van der Waals surface area contributed by atoms with Crippen molar-refractivity contribution in [3.63, 3.8) is 0 Å². The number of hydrogen-bond acceptors (Lipinski definition) is 3. The molecule has 1 aliphatic rings. The molecule has 1 N–H and O–H groups in total. The average Bonchev–Trinajstić information content (AvgIpc) is 2.80. The molecule has 0 saturated heterocycles. The Balaban J connectivity index is 1.75. The summed E-state index contributed by atoms with van der Waals surface area (Å²) in [6, 6.07) is 11.6. The Bertz CT molecular complexity index is 964. The van der Waals surface area contributed by atoms with Gasteiger partial charge in [0.25, 0.3) is 5.91 Å². The van der Waals surface area contributed by atoms with E-state index in [-0.39, 0.29) is 5.91 Å². The fraction of sp³-hybridized carbons (Fsp3) is 0.211. The van der Waals surface area contributed by atoms with Gasteiger partial charge in [0.05, 0.1) is 11.4 Å². The summed E-state index contributed by atoms with van der Waals surface area (Å²) < 4.78 is 2.11. The Hall–Kier alpha value is -2.66. The van der Waals surface area contributed by atoms with Crippen LogP contribution in [0, 0.1) is 6.92 Å². The maximum atomic E-state index is 12.8. The number of nitrogens with zero attached hydrogens (tertiary/aromatic N) is 3. The first-order chi connectivity index (χ1) is 12.1. The lowest BCUT2D eigenvalue weighted by atomic mass is 10.1. The van der Waals surface area contributed by atoms with E-state index in [1.807, 2.05) is 13.0 Å². The molecule has 1 aliphatic heterocycles. The van der Waals surface area contributed by atoms with Crippen molar-refractivity contribution in [1.29, 1.82) is 0 Å². The van der Waals surface area contributed by atoms with Crippen molar-refractivity contribution in [2.24, 2.45) is 0 Å². The van der Waals surface area contributed by atoms with Crippen molar-refractivity contribution in [3.05, 3.63) is 70.5 Å². The average molecular weight is 353 g/mol. The van der Waals surface area contributed by atoms with Gasteiger partial charge in [-0.3, -0.25) is 9.36 Å². The van der Waals surface area contributed by atoms with Crippen LogP contribution in [0.4, 0.5) is 5.69 Å². The summed E-state index contributed by atoms with van der Waals surface area (Å²) in [5.41, 5.74) is 4.45. The lowest BCUT2D eigenvalue weighted by molar-refractivity contribution is 0.102. The Labute approximate surface area is 150 Å². The number of benzene rings is 1. The molecule has 1 amide bonds. The van der Waals surface area contributed by atoms with Crippen LogP contribution in [0.15, 0.2) is 42.6 Å². The first kappa shape index (κ1) is 15.8. The number of carbonyl (C=O) groups excluding carboxylic acids is 1. The van der Waals surface area contributed by atoms with E-state index in [9.17, 15) is 4.79 Å². The number of anilines is 1. The Morgan fingerprint density at radius 2 is 2.08 bits per heavy atom. The fourth-order valence-corrected chi connectivity index (χ4v) is 3.54. The molecule has 0 aliphatic carbocycles. The number of nitrogens with one attached hydrogen (secondary N) is 1. The van der Waals surface area contributed by atoms with Gasteiger partial charge >= 0.3 is 0 Å². The molecule has 3 aromatic rings. The molecule has 0 spiro atoms. The van der Waals surface area contributed by atoms with E-state index < -0.39 is 0 Å². The summed E-state index contributed by atoms with van der Waals surface area (Å²) in [4.78, 5) is 21.3. The van der Waals surface area contributed by atoms with Gasteiger partial charge < -0.3 is 5.32 Å². The molecule has 25 heavy (non-hydrogen) atoms. The molecule has 3 heterocycles. The van der Waals surface area contributed by atoms with Crippen molar-refractivity contribution < 1.29 is 4.79 Å². The summed E-state index contributed by atoms with van der Waals surface area (Å²) in [5.74, 6) is 0.598. The highest BCUT2D eigenvalue weighted by Crippen LogP contribution is 2.28. The third-order valence-electron chi connectivity index (χ3n) is 4.43. The van der Waals surface area contributed by atoms with Crippen LogP contribution < -0.4 is 5.32 Å². The van der Waals surface area contributed by atoms with Gasteiger partial charge in [-0.05, 0) is 49.9 Å². The standard InChI is InChI=1S/C19H17ClN4O/c1-12-22-18(19(25)23-14-9-10-21-17(20)11-14)16-8-4-6-13-5-2-3-7-15(13)24(12)16/h2-3,5,7,9-11H,4,6,8H2,1H3,(H,21,23,25). The highest BCUT2D eigenvalue weighted by Gasteiger charge is 2.24. The summed E-state index contributed by atoms with van der Waals surface area (Å²) >= 11 is 5.89. The zero-order valence-electron chi connectivity index (χ0n) is 13.8. The predicted octanol–water partition coefficient (Wildman–Crippen LogP) is 3.97. The number of imidazole rings is 1. The smallest absolute Gasteiger partial charge is 0.276 e. The van der Waals surface area contributed by atoms with Crippen LogP contribution in [-0.2, 0) is 12.8 Å². The number of fused-ring (bicyclic) bond motifs is 3. The zero-order chi connectivity index (χ0) is 17.4. The molecule has 0 radical (unpaired) electrons. The predicted molar refractivity (Wildman–Crippen MR) is 97.5 cm³/mol. The van der Waals surface area contributed by atoms with Gasteiger partial charge in [-0.25, -0.2) is 9.97 Å². The number of aryl methyl sites for hydroxylation is 2. The van der Waals surface area contributed by atoms with Crippen LogP contribution in [0.5, 0.6) is 0 Å². The number of aromatic nitrogens is 3. The minimum absolute atomic E-state index is 0.224. The van der Waals surface area contributed by atoms with Crippen LogP contribution in [-0.4, -0.2) is 20.4 Å². The maximum absolute atomic E-state index is 12.8. The summed E-state index contributed by atoms with van der Waals surface area (Å²) in [6.07, 6.45) is 4.37. The van der Waals surface area contributed by atoms with Crippen molar-refractivity contribution in [2.75, 3.05) is 5.32 Å². The minimum atomic E-state index is -0.224. The second-order valence-electron chi connectivity index (χ2n) is 6.09. The van der Waals surface area contributed by atoms with Crippen molar-refractivity contribution in [2.45, 2.75) is 26.2 Å². The molecule has 0 bridgehead atoms. The largest absolute Gasteiger partial charge is 0.320 e.